The summed E-state index contributed by atoms with van der Waals surface area (Å²) in [6.45, 7) is 3.26. The zero-order valence-corrected chi connectivity index (χ0v) is 13.3. The fourth-order valence-corrected chi connectivity index (χ4v) is 3.79. The second-order valence-electron chi connectivity index (χ2n) is 6.17. The van der Waals surface area contributed by atoms with Gasteiger partial charge in [0.2, 0.25) is 0 Å². The van der Waals surface area contributed by atoms with Crippen molar-refractivity contribution < 1.29 is 13.9 Å². The minimum atomic E-state index is -0.0322. The third kappa shape index (κ3) is 2.59. The van der Waals surface area contributed by atoms with Crippen molar-refractivity contribution in [1.29, 1.82) is 0 Å². The third-order valence-electron chi connectivity index (χ3n) is 4.34. The number of hydrogen-bond acceptors (Lipinski definition) is 4. The zero-order chi connectivity index (χ0) is 15.1. The zero-order valence-electron chi connectivity index (χ0n) is 12.5. The van der Waals surface area contributed by atoms with Crippen LogP contribution in [0.15, 0.2) is 33.6 Å². The molecule has 0 N–H and O–H groups in total. The van der Waals surface area contributed by atoms with Gasteiger partial charge in [-0.3, -0.25) is 4.79 Å². The molecule has 2 fully saturated rings. The minimum absolute atomic E-state index is 0.0322. The van der Waals surface area contributed by atoms with Crippen LogP contribution < -0.4 is 0 Å². The summed E-state index contributed by atoms with van der Waals surface area (Å²) >= 11 is 1.66. The molecule has 0 aromatic carbocycles. The molecule has 1 aliphatic heterocycles. The normalized spacial score (nSPS) is 25.4. The van der Waals surface area contributed by atoms with Crippen molar-refractivity contribution in [2.24, 2.45) is 0 Å². The molecule has 0 spiro atoms. The van der Waals surface area contributed by atoms with Crippen molar-refractivity contribution in [2.45, 2.75) is 37.9 Å². The predicted molar refractivity (Wildman–Crippen MR) is 84.2 cm³/mol. The Bertz CT molecular complexity index is 659. The lowest BCUT2D eigenvalue weighted by atomic mass is 10.1. The van der Waals surface area contributed by atoms with Crippen LogP contribution in [-0.2, 0) is 4.74 Å². The number of rotatable bonds is 3. The molecule has 2 aromatic heterocycles. The lowest BCUT2D eigenvalue weighted by Gasteiger charge is -2.36. The van der Waals surface area contributed by atoms with Gasteiger partial charge in [-0.1, -0.05) is 0 Å². The molecule has 22 heavy (non-hydrogen) atoms. The lowest BCUT2D eigenvalue weighted by molar-refractivity contribution is -0.0690. The number of morpholine rings is 1. The van der Waals surface area contributed by atoms with Crippen LogP contribution >= 0.6 is 11.3 Å². The molecule has 2 aliphatic rings. The first-order valence-electron chi connectivity index (χ1n) is 7.76. The largest absolute Gasteiger partial charge is 0.468 e. The van der Waals surface area contributed by atoms with E-state index >= 15 is 0 Å². The molecule has 4 rings (SSSR count). The smallest absolute Gasteiger partial charge is 0.257 e. The number of carbonyl (C=O) groups is 1. The Kier molecular flexibility index (Phi) is 3.54. The van der Waals surface area contributed by atoms with E-state index in [9.17, 15) is 4.79 Å². The Morgan fingerprint density at radius 2 is 2.18 bits per heavy atom. The molecule has 4 nitrogen and oxygen atoms in total. The van der Waals surface area contributed by atoms with Gasteiger partial charge in [-0.15, -0.1) is 0 Å². The van der Waals surface area contributed by atoms with Crippen LogP contribution in [0.3, 0.4) is 0 Å². The van der Waals surface area contributed by atoms with Gasteiger partial charge in [-0.05, 0) is 48.2 Å². The van der Waals surface area contributed by atoms with Crippen molar-refractivity contribution in [3.05, 3.63) is 46.0 Å². The summed E-state index contributed by atoms with van der Waals surface area (Å²) < 4.78 is 11.6. The topological polar surface area (TPSA) is 42.7 Å². The van der Waals surface area contributed by atoms with Crippen molar-refractivity contribution in [3.63, 3.8) is 0 Å². The van der Waals surface area contributed by atoms with Gasteiger partial charge < -0.3 is 14.1 Å². The van der Waals surface area contributed by atoms with Gasteiger partial charge in [0.15, 0.2) is 0 Å². The van der Waals surface area contributed by atoms with Gasteiger partial charge in [0.1, 0.15) is 11.9 Å². The Morgan fingerprint density at radius 3 is 2.91 bits per heavy atom. The number of carbonyl (C=O) groups excluding carboxylic acids is 1. The van der Waals surface area contributed by atoms with Crippen LogP contribution in [0.25, 0.3) is 0 Å². The number of furan rings is 1. The van der Waals surface area contributed by atoms with Gasteiger partial charge in [0.05, 0.1) is 24.5 Å². The van der Waals surface area contributed by atoms with Gasteiger partial charge >= 0.3 is 0 Å². The number of nitrogens with zero attached hydrogens (tertiary/aromatic N) is 1. The number of ether oxygens (including phenoxy) is 1. The molecule has 5 heteroatoms. The van der Waals surface area contributed by atoms with E-state index in [1.54, 1.807) is 17.6 Å². The van der Waals surface area contributed by atoms with Crippen molar-refractivity contribution in [1.82, 2.24) is 4.90 Å². The van der Waals surface area contributed by atoms with Crippen LogP contribution in [-0.4, -0.2) is 30.0 Å². The molecule has 2 atom stereocenters. The molecule has 1 aliphatic carbocycles. The highest BCUT2D eigenvalue weighted by molar-refractivity contribution is 7.07. The monoisotopic (exact) mass is 317 g/mol. The fraction of sp³-hybridized carbons (Fsp3) is 0.471. The molecule has 2 aromatic rings. The summed E-state index contributed by atoms with van der Waals surface area (Å²) in [5.41, 5.74) is 1.89. The molecule has 0 radical (unpaired) electrons. The number of hydrogen-bond donors (Lipinski definition) is 0. The second-order valence-corrected chi connectivity index (χ2v) is 6.95. The molecule has 1 saturated heterocycles. The number of amides is 1. The molecule has 1 saturated carbocycles. The maximum Gasteiger partial charge on any atom is 0.257 e. The highest BCUT2D eigenvalue weighted by Gasteiger charge is 2.35. The molecule has 1 amide bonds. The molecule has 0 unspecified atom stereocenters. The van der Waals surface area contributed by atoms with Crippen molar-refractivity contribution >= 4 is 17.2 Å². The first kappa shape index (κ1) is 14.0. The van der Waals surface area contributed by atoms with Gasteiger partial charge in [0.25, 0.3) is 5.91 Å². The standard InChI is InChI=1S/C17H19NO3S/c1-11-8-18(9-15(21-11)13-5-7-22-10-13)17(19)14-4-6-20-16(14)12-2-3-12/h4-7,10-12,15H,2-3,8-9H2,1H3/t11-,15+/m1/s1. The quantitative estimate of drug-likeness (QED) is 0.864. The van der Waals surface area contributed by atoms with Crippen LogP contribution in [0.4, 0.5) is 0 Å². The first-order valence-corrected chi connectivity index (χ1v) is 8.71. The Labute approximate surface area is 133 Å². The summed E-state index contributed by atoms with van der Waals surface area (Å²) in [7, 11) is 0. The summed E-state index contributed by atoms with van der Waals surface area (Å²) in [4.78, 5) is 14.8. The van der Waals surface area contributed by atoms with Crippen LogP contribution in [0.1, 0.15) is 53.5 Å². The third-order valence-corrected chi connectivity index (χ3v) is 5.04. The van der Waals surface area contributed by atoms with Crippen LogP contribution in [0.2, 0.25) is 0 Å². The average Bonchev–Trinajstić information content (AvgIpc) is 3.04. The minimum Gasteiger partial charge on any atom is -0.468 e. The maximum atomic E-state index is 12.9. The molecule has 0 bridgehead atoms. The molecule has 116 valence electrons. The maximum absolute atomic E-state index is 12.9. The van der Waals surface area contributed by atoms with E-state index in [0.717, 1.165) is 29.7 Å². The van der Waals surface area contributed by atoms with Crippen LogP contribution in [0.5, 0.6) is 0 Å². The highest BCUT2D eigenvalue weighted by Crippen LogP contribution is 2.42. The molecule has 3 heterocycles. The van der Waals surface area contributed by atoms with E-state index in [1.165, 1.54) is 0 Å². The highest BCUT2D eigenvalue weighted by atomic mass is 32.1. The molecular weight excluding hydrogens is 298 g/mol. The average molecular weight is 317 g/mol. The van der Waals surface area contributed by atoms with E-state index < -0.39 is 0 Å². The van der Waals surface area contributed by atoms with Crippen LogP contribution in [0, 0.1) is 0 Å². The summed E-state index contributed by atoms with van der Waals surface area (Å²) in [5, 5.41) is 4.14. The summed E-state index contributed by atoms with van der Waals surface area (Å²) in [6.07, 6.45) is 3.91. The van der Waals surface area contributed by atoms with Gasteiger partial charge in [-0.25, -0.2) is 0 Å². The van der Waals surface area contributed by atoms with Crippen molar-refractivity contribution in [3.8, 4) is 0 Å². The van der Waals surface area contributed by atoms with E-state index in [0.29, 0.717) is 19.0 Å². The first-order chi connectivity index (χ1) is 10.7. The summed E-state index contributed by atoms with van der Waals surface area (Å²) in [6, 6.07) is 3.89. The Morgan fingerprint density at radius 1 is 1.32 bits per heavy atom. The fourth-order valence-electron chi connectivity index (χ4n) is 3.09. The Hall–Kier alpha value is -1.59. The second kappa shape index (κ2) is 5.56. The van der Waals surface area contributed by atoms with Gasteiger partial charge in [-0.2, -0.15) is 11.3 Å². The molecular formula is C17H19NO3S. The van der Waals surface area contributed by atoms with E-state index in [4.69, 9.17) is 9.15 Å². The predicted octanol–water partition coefficient (Wildman–Crippen LogP) is 3.82. The van der Waals surface area contributed by atoms with E-state index in [-0.39, 0.29) is 18.1 Å². The SMILES string of the molecule is C[C@@H]1CN(C(=O)c2ccoc2C2CC2)C[C@@H](c2ccsc2)O1. The number of thiophene rings is 1. The summed E-state index contributed by atoms with van der Waals surface area (Å²) in [5.74, 6) is 1.39. The lowest BCUT2D eigenvalue weighted by Crippen LogP contribution is -2.46. The van der Waals surface area contributed by atoms with E-state index in [1.807, 2.05) is 23.3 Å². The van der Waals surface area contributed by atoms with E-state index in [2.05, 4.69) is 11.4 Å². The van der Waals surface area contributed by atoms with Gasteiger partial charge in [0, 0.05) is 12.5 Å². The van der Waals surface area contributed by atoms with Crippen molar-refractivity contribution in [2.75, 3.05) is 13.1 Å². The Balaban J connectivity index is 1.55.